The molecule has 1 saturated heterocycles. The van der Waals surface area contributed by atoms with E-state index in [1.165, 1.54) is 40.9 Å². The standard InChI is InChI=1S/C18H19N9O5S3/c1-32-26-10(7-4-35-18(21)23-7)13(28)25-11-14(29)27-12(16(30)31)8(5-34-15(11)27)33-3-6-2-9(19)24-17(20)22-6/h2,4,11,15H,3,5H2,1H3,(H2,21,23)(H,25,28)(H,30,31)(H4,19,20,22,24)/b26-10-. The molecule has 0 spiro atoms. The van der Waals surface area contributed by atoms with Crippen LogP contribution in [0.2, 0.25) is 0 Å². The molecule has 2 aliphatic heterocycles. The van der Waals surface area contributed by atoms with Crippen molar-refractivity contribution in [2.45, 2.75) is 17.2 Å². The zero-order valence-corrected chi connectivity index (χ0v) is 20.4. The molecule has 2 aromatic heterocycles. The van der Waals surface area contributed by atoms with E-state index in [-0.39, 0.29) is 39.8 Å². The first kappa shape index (κ1) is 24.6. The minimum absolute atomic E-state index is 0.0133. The lowest BCUT2D eigenvalue weighted by atomic mass is 10.0. The predicted molar refractivity (Wildman–Crippen MR) is 132 cm³/mol. The maximum Gasteiger partial charge on any atom is 0.353 e. The van der Waals surface area contributed by atoms with E-state index < -0.39 is 29.2 Å². The molecule has 4 heterocycles. The van der Waals surface area contributed by atoms with E-state index in [4.69, 9.17) is 22.0 Å². The Bertz CT molecular complexity index is 1240. The Morgan fingerprint density at radius 3 is 2.74 bits per heavy atom. The zero-order valence-electron chi connectivity index (χ0n) is 18.0. The van der Waals surface area contributed by atoms with Gasteiger partial charge in [0.25, 0.3) is 11.8 Å². The Morgan fingerprint density at radius 2 is 2.11 bits per heavy atom. The number of aromatic nitrogens is 3. The van der Waals surface area contributed by atoms with Crippen LogP contribution in [0, 0.1) is 0 Å². The summed E-state index contributed by atoms with van der Waals surface area (Å²) in [6.07, 6.45) is 0. The summed E-state index contributed by atoms with van der Waals surface area (Å²) in [5.41, 5.74) is 17.4. The minimum Gasteiger partial charge on any atom is -0.477 e. The van der Waals surface area contributed by atoms with Gasteiger partial charge in [0.1, 0.15) is 35.7 Å². The van der Waals surface area contributed by atoms with Crippen molar-refractivity contribution in [1.82, 2.24) is 25.2 Å². The molecule has 0 aromatic carbocycles. The van der Waals surface area contributed by atoms with Gasteiger partial charge in [0.15, 0.2) is 10.8 Å². The second-order valence-corrected chi connectivity index (χ2v) is 10.1. The van der Waals surface area contributed by atoms with Gasteiger partial charge >= 0.3 is 5.97 Å². The van der Waals surface area contributed by atoms with Crippen LogP contribution in [-0.4, -0.2) is 72.7 Å². The number of fused-ring (bicyclic) bond motifs is 1. The van der Waals surface area contributed by atoms with E-state index in [9.17, 15) is 19.5 Å². The molecule has 2 aromatic rings. The van der Waals surface area contributed by atoms with Gasteiger partial charge in [0.2, 0.25) is 5.95 Å². The molecule has 2 unspecified atom stereocenters. The van der Waals surface area contributed by atoms with Gasteiger partial charge in [-0.1, -0.05) is 5.16 Å². The van der Waals surface area contributed by atoms with Crippen LogP contribution < -0.4 is 22.5 Å². The number of nitrogens with zero attached hydrogens (tertiary/aromatic N) is 5. The van der Waals surface area contributed by atoms with Crippen LogP contribution in [-0.2, 0) is 25.0 Å². The molecule has 2 amide bonds. The smallest absolute Gasteiger partial charge is 0.353 e. The highest BCUT2D eigenvalue weighted by Gasteiger charge is 2.54. The Kier molecular flexibility index (Phi) is 6.99. The van der Waals surface area contributed by atoms with Gasteiger partial charge in [-0.2, -0.15) is 4.98 Å². The third-order valence-electron chi connectivity index (χ3n) is 4.80. The number of carboxylic acids is 1. The number of carbonyl (C=O) groups is 3. The van der Waals surface area contributed by atoms with E-state index in [2.05, 4.69) is 25.4 Å². The highest BCUT2D eigenvalue weighted by molar-refractivity contribution is 8.05. The summed E-state index contributed by atoms with van der Waals surface area (Å²) in [5.74, 6) is -1.70. The highest BCUT2D eigenvalue weighted by atomic mass is 32.2. The normalized spacial score (nSPS) is 19.7. The Balaban J connectivity index is 1.49. The largest absolute Gasteiger partial charge is 0.477 e. The topological polar surface area (TPSA) is 225 Å². The number of nitrogen functional groups attached to an aromatic ring is 3. The van der Waals surface area contributed by atoms with Crippen molar-refractivity contribution in [2.24, 2.45) is 5.16 Å². The number of β-lactam (4-membered cyclic amide) rings is 1. The lowest BCUT2D eigenvalue weighted by Gasteiger charge is -2.49. The zero-order chi connectivity index (χ0) is 25.3. The fraction of sp³-hybridized carbons (Fsp3) is 0.278. The number of hydrogen-bond acceptors (Lipinski definition) is 14. The van der Waals surface area contributed by atoms with E-state index in [1.54, 1.807) is 6.07 Å². The average molecular weight is 538 g/mol. The van der Waals surface area contributed by atoms with E-state index in [1.807, 2.05) is 0 Å². The Hall–Kier alpha value is -3.57. The number of anilines is 3. The van der Waals surface area contributed by atoms with Crippen molar-refractivity contribution in [3.63, 3.8) is 0 Å². The van der Waals surface area contributed by atoms with Crippen LogP contribution in [0.3, 0.4) is 0 Å². The maximum atomic E-state index is 12.9. The first-order chi connectivity index (χ1) is 16.7. The van der Waals surface area contributed by atoms with Gasteiger partial charge < -0.3 is 32.5 Å². The summed E-state index contributed by atoms with van der Waals surface area (Å²) in [6, 6.07) is 0.589. The second-order valence-electron chi connectivity index (χ2n) is 7.06. The van der Waals surface area contributed by atoms with Crippen molar-refractivity contribution >= 4 is 75.3 Å². The van der Waals surface area contributed by atoms with Crippen LogP contribution in [0.15, 0.2) is 27.2 Å². The van der Waals surface area contributed by atoms with Crippen molar-refractivity contribution in [1.29, 1.82) is 0 Å². The molecule has 0 saturated carbocycles. The van der Waals surface area contributed by atoms with E-state index in [0.29, 0.717) is 16.4 Å². The lowest BCUT2D eigenvalue weighted by Crippen LogP contribution is -2.71. The molecule has 0 bridgehead atoms. The van der Waals surface area contributed by atoms with Crippen molar-refractivity contribution in [3.05, 3.63) is 33.4 Å². The van der Waals surface area contributed by atoms with Gasteiger partial charge in [-0.25, -0.2) is 14.8 Å². The van der Waals surface area contributed by atoms with Gasteiger partial charge in [-0.3, -0.25) is 14.5 Å². The first-order valence-electron chi connectivity index (χ1n) is 9.75. The van der Waals surface area contributed by atoms with Crippen molar-refractivity contribution < 1.29 is 24.3 Å². The van der Waals surface area contributed by atoms with Gasteiger partial charge in [-0.15, -0.1) is 34.9 Å². The molecule has 8 N–H and O–H groups in total. The summed E-state index contributed by atoms with van der Waals surface area (Å²) < 4.78 is 0. The molecule has 17 heteroatoms. The summed E-state index contributed by atoms with van der Waals surface area (Å²) in [7, 11) is 1.27. The average Bonchev–Trinajstić information content (AvgIpc) is 3.23. The number of oxime groups is 1. The monoisotopic (exact) mass is 537 g/mol. The fourth-order valence-electron chi connectivity index (χ4n) is 3.38. The van der Waals surface area contributed by atoms with Crippen LogP contribution in [0.1, 0.15) is 11.4 Å². The summed E-state index contributed by atoms with van der Waals surface area (Å²) in [4.78, 5) is 56.1. The van der Waals surface area contributed by atoms with Gasteiger partial charge in [0, 0.05) is 27.9 Å². The number of carbonyl (C=O) groups excluding carboxylic acids is 2. The molecular formula is C18H19N9O5S3. The van der Waals surface area contributed by atoms with Gasteiger partial charge in [-0.05, 0) is 0 Å². The number of nitrogens with two attached hydrogens (primary N) is 3. The van der Waals surface area contributed by atoms with Gasteiger partial charge in [0.05, 0.1) is 5.69 Å². The predicted octanol–water partition coefficient (Wildman–Crippen LogP) is -0.340. The second kappa shape index (κ2) is 9.96. The number of rotatable bonds is 8. The fourth-order valence-corrected chi connectivity index (χ4v) is 6.45. The summed E-state index contributed by atoms with van der Waals surface area (Å²) >= 11 is 3.65. The SMILES string of the molecule is CO/N=C(\C(=O)NC1C(=O)N2C(C(=O)O)=C(SCc3cc(N)nc(N)n3)CSC12)c1csc(N)n1. The number of aliphatic carboxylic acids is 1. The Labute approximate surface area is 210 Å². The molecule has 0 aliphatic carbocycles. The van der Waals surface area contributed by atoms with Crippen molar-refractivity contribution in [3.8, 4) is 0 Å². The van der Waals surface area contributed by atoms with Crippen LogP contribution in [0.5, 0.6) is 0 Å². The third-order valence-corrected chi connectivity index (χ3v) is 8.06. The number of thiazole rings is 1. The minimum atomic E-state index is -1.25. The molecule has 35 heavy (non-hydrogen) atoms. The number of amides is 2. The molecule has 0 radical (unpaired) electrons. The summed E-state index contributed by atoms with van der Waals surface area (Å²) in [5, 5.41) is 17.3. The van der Waals surface area contributed by atoms with E-state index >= 15 is 0 Å². The molecule has 4 rings (SSSR count). The number of thioether (sulfide) groups is 2. The van der Waals surface area contributed by atoms with Crippen LogP contribution in [0.25, 0.3) is 0 Å². The third kappa shape index (κ3) is 4.96. The number of nitrogens with one attached hydrogen (secondary N) is 1. The van der Waals surface area contributed by atoms with Crippen molar-refractivity contribution in [2.75, 3.05) is 30.1 Å². The van der Waals surface area contributed by atoms with E-state index in [0.717, 1.165) is 11.3 Å². The molecule has 14 nitrogen and oxygen atoms in total. The first-order valence-corrected chi connectivity index (χ1v) is 12.7. The molecular weight excluding hydrogens is 518 g/mol. The quantitative estimate of drug-likeness (QED) is 0.165. The number of hydrogen-bond donors (Lipinski definition) is 5. The highest BCUT2D eigenvalue weighted by Crippen LogP contribution is 2.44. The molecule has 184 valence electrons. The molecule has 2 atom stereocenters. The molecule has 1 fully saturated rings. The summed E-state index contributed by atoms with van der Waals surface area (Å²) in [6.45, 7) is 0. The number of carboxylic acid groups (broad SMARTS) is 1. The molecule has 2 aliphatic rings. The maximum absolute atomic E-state index is 12.9. The van der Waals surface area contributed by atoms with Crippen LogP contribution in [0.4, 0.5) is 16.9 Å². The lowest BCUT2D eigenvalue weighted by molar-refractivity contribution is -0.150. The van der Waals surface area contributed by atoms with Crippen LogP contribution >= 0.6 is 34.9 Å². The Morgan fingerprint density at radius 1 is 1.34 bits per heavy atom.